The predicted molar refractivity (Wildman–Crippen MR) is 179 cm³/mol. The maximum absolute atomic E-state index is 14.1. The zero-order valence-corrected chi connectivity index (χ0v) is 26.3. The summed E-state index contributed by atoms with van der Waals surface area (Å²) in [6.07, 6.45) is 0.450. The van der Waals surface area contributed by atoms with Gasteiger partial charge in [0.25, 0.3) is 5.91 Å². The summed E-state index contributed by atoms with van der Waals surface area (Å²) in [5, 5.41) is 5.22. The molecule has 2 aliphatic rings. The summed E-state index contributed by atoms with van der Waals surface area (Å²) in [5.74, 6) is -1.34. The molecule has 0 radical (unpaired) electrons. The van der Waals surface area contributed by atoms with Gasteiger partial charge in [0.05, 0.1) is 17.2 Å². The lowest BCUT2D eigenvalue weighted by molar-refractivity contribution is -0.138. The largest absolute Gasteiger partial charge is 0.457 e. The van der Waals surface area contributed by atoms with Crippen LogP contribution in [0, 0.1) is 0 Å². The standard InChI is InChI=1S/C38H36F3N3O4/c39-38(40,41)24-42-37(47)35-27-16-6-5-15-26(27)33-30(23-31(44-20-10-2-11-21-44)28(34(33)35)17-9-12-22-45)43-36(46)29-18-7-8-19-32(29)48-25-13-3-1-4-14-25/h1,3-8,13-16,18-19,22-23,35H,2,9-12,17,20-21,24H2,(H,42,47)(H,43,46). The van der Waals surface area contributed by atoms with E-state index in [1.807, 2.05) is 30.3 Å². The Morgan fingerprint density at radius 1 is 0.917 bits per heavy atom. The quantitative estimate of drug-likeness (QED) is 0.126. The van der Waals surface area contributed by atoms with E-state index in [4.69, 9.17) is 4.74 Å². The summed E-state index contributed by atoms with van der Waals surface area (Å²) in [4.78, 5) is 41.5. The second kappa shape index (κ2) is 14.3. The molecule has 2 amide bonds. The molecule has 4 aromatic carbocycles. The monoisotopic (exact) mass is 655 g/mol. The Morgan fingerprint density at radius 2 is 1.62 bits per heavy atom. The van der Waals surface area contributed by atoms with E-state index in [-0.39, 0.29) is 5.56 Å². The summed E-state index contributed by atoms with van der Waals surface area (Å²) < 4.78 is 46.0. The maximum Gasteiger partial charge on any atom is 0.405 e. The van der Waals surface area contributed by atoms with E-state index >= 15 is 0 Å². The Balaban J connectivity index is 1.50. The first-order chi connectivity index (χ1) is 23.2. The molecule has 6 rings (SSSR count). The highest BCUT2D eigenvalue weighted by Gasteiger charge is 2.40. The fraction of sp³-hybridized carbons (Fsp3) is 0.289. The minimum atomic E-state index is -4.59. The van der Waals surface area contributed by atoms with Crippen LogP contribution in [0.15, 0.2) is 84.9 Å². The van der Waals surface area contributed by atoms with Gasteiger partial charge in [-0.15, -0.1) is 0 Å². The predicted octanol–water partition coefficient (Wildman–Crippen LogP) is 8.03. The van der Waals surface area contributed by atoms with Gasteiger partial charge in [0.1, 0.15) is 24.3 Å². The Labute approximate surface area is 277 Å². The molecule has 0 saturated carbocycles. The van der Waals surface area contributed by atoms with Crippen molar-refractivity contribution in [3.8, 4) is 22.6 Å². The maximum atomic E-state index is 14.1. The van der Waals surface area contributed by atoms with E-state index in [0.29, 0.717) is 58.7 Å². The number of aldehydes is 1. The van der Waals surface area contributed by atoms with E-state index in [1.165, 1.54) is 0 Å². The number of hydrogen-bond donors (Lipinski definition) is 2. The number of hydrogen-bond acceptors (Lipinski definition) is 5. The van der Waals surface area contributed by atoms with E-state index in [9.17, 15) is 27.6 Å². The molecule has 1 aliphatic heterocycles. The molecular weight excluding hydrogens is 619 g/mol. The molecule has 1 atom stereocenters. The van der Waals surface area contributed by atoms with Crippen molar-refractivity contribution in [1.29, 1.82) is 0 Å². The number of fused-ring (bicyclic) bond motifs is 3. The van der Waals surface area contributed by atoms with Gasteiger partial charge >= 0.3 is 6.18 Å². The summed E-state index contributed by atoms with van der Waals surface area (Å²) in [6.45, 7) is 0.0326. The number of halogens is 3. The molecule has 0 aromatic heterocycles. The van der Waals surface area contributed by atoms with Gasteiger partial charge in [-0.2, -0.15) is 13.2 Å². The third kappa shape index (κ3) is 7.07. The van der Waals surface area contributed by atoms with E-state index in [1.54, 1.807) is 54.6 Å². The summed E-state index contributed by atoms with van der Waals surface area (Å²) >= 11 is 0. The summed E-state index contributed by atoms with van der Waals surface area (Å²) in [7, 11) is 0. The van der Waals surface area contributed by atoms with Crippen molar-refractivity contribution in [1.82, 2.24) is 5.32 Å². The van der Waals surface area contributed by atoms with Gasteiger partial charge in [-0.1, -0.05) is 54.6 Å². The average Bonchev–Trinajstić information content (AvgIpc) is 3.44. The van der Waals surface area contributed by atoms with Gasteiger partial charge < -0.3 is 25.1 Å². The van der Waals surface area contributed by atoms with Crippen molar-refractivity contribution in [3.63, 3.8) is 0 Å². The first kappa shape index (κ1) is 32.8. The van der Waals surface area contributed by atoms with E-state index in [2.05, 4.69) is 15.5 Å². The van der Waals surface area contributed by atoms with E-state index in [0.717, 1.165) is 49.9 Å². The van der Waals surface area contributed by atoms with Gasteiger partial charge in [-0.3, -0.25) is 9.59 Å². The normalized spacial score (nSPS) is 15.3. The molecule has 248 valence electrons. The number of unbranched alkanes of at least 4 members (excludes halogenated alkanes) is 1. The molecule has 0 bridgehead atoms. The fourth-order valence-corrected chi connectivity index (χ4v) is 6.72. The smallest absolute Gasteiger partial charge is 0.405 e. The average molecular weight is 656 g/mol. The lowest BCUT2D eigenvalue weighted by Gasteiger charge is -2.33. The number of benzene rings is 4. The topological polar surface area (TPSA) is 87.7 Å². The molecule has 10 heteroatoms. The number of nitrogens with zero attached hydrogens (tertiary/aromatic N) is 1. The first-order valence-corrected chi connectivity index (χ1v) is 16.2. The zero-order chi connectivity index (χ0) is 33.7. The van der Waals surface area contributed by atoms with Gasteiger partial charge in [-0.25, -0.2) is 0 Å². The second-order valence-electron chi connectivity index (χ2n) is 12.0. The molecule has 1 saturated heterocycles. The third-order valence-electron chi connectivity index (χ3n) is 8.81. The lowest BCUT2D eigenvalue weighted by Crippen LogP contribution is -2.37. The lowest BCUT2D eigenvalue weighted by atomic mass is 9.87. The zero-order valence-electron chi connectivity index (χ0n) is 26.3. The Bertz CT molecular complexity index is 1800. The Morgan fingerprint density at radius 3 is 2.38 bits per heavy atom. The summed E-state index contributed by atoms with van der Waals surface area (Å²) in [5.41, 5.74) is 4.72. The minimum absolute atomic E-state index is 0.287. The number of carbonyl (C=O) groups excluding carboxylic acids is 3. The van der Waals surface area contributed by atoms with E-state index < -0.39 is 30.5 Å². The number of carbonyl (C=O) groups is 3. The van der Waals surface area contributed by atoms with Crippen LogP contribution in [0.3, 0.4) is 0 Å². The van der Waals surface area contributed by atoms with Gasteiger partial charge in [0.15, 0.2) is 0 Å². The number of para-hydroxylation sites is 2. The van der Waals surface area contributed by atoms with Crippen molar-refractivity contribution < 1.29 is 32.3 Å². The Kier molecular flexibility index (Phi) is 9.80. The number of nitrogens with one attached hydrogen (secondary N) is 2. The molecule has 4 aromatic rings. The number of alkyl halides is 3. The van der Waals surface area contributed by atoms with Crippen molar-refractivity contribution in [3.05, 3.63) is 107 Å². The number of anilines is 2. The van der Waals surface area contributed by atoms with Gasteiger partial charge in [0, 0.05) is 30.8 Å². The molecule has 48 heavy (non-hydrogen) atoms. The number of amides is 2. The minimum Gasteiger partial charge on any atom is -0.457 e. The molecule has 1 aliphatic carbocycles. The second-order valence-corrected chi connectivity index (χ2v) is 12.0. The van der Waals surface area contributed by atoms with Crippen LogP contribution < -0.4 is 20.3 Å². The van der Waals surface area contributed by atoms with Gasteiger partial charge in [0.2, 0.25) is 5.91 Å². The van der Waals surface area contributed by atoms with Crippen LogP contribution in [-0.4, -0.2) is 43.9 Å². The summed E-state index contributed by atoms with van der Waals surface area (Å²) in [6, 6.07) is 25.0. The Hall–Kier alpha value is -5.12. The molecule has 7 nitrogen and oxygen atoms in total. The van der Waals surface area contributed by atoms with Gasteiger partial charge in [-0.05, 0) is 84.7 Å². The molecule has 1 fully saturated rings. The van der Waals surface area contributed by atoms with Crippen LogP contribution in [0.4, 0.5) is 24.5 Å². The van der Waals surface area contributed by atoms with Crippen molar-refractivity contribution in [2.75, 3.05) is 29.9 Å². The van der Waals surface area contributed by atoms with Crippen LogP contribution in [0.2, 0.25) is 0 Å². The molecule has 2 N–H and O–H groups in total. The fourth-order valence-electron chi connectivity index (χ4n) is 6.72. The number of rotatable bonds is 11. The molecule has 1 unspecified atom stereocenters. The van der Waals surface area contributed by atoms with Crippen LogP contribution in [-0.2, 0) is 16.0 Å². The highest BCUT2D eigenvalue weighted by Crippen LogP contribution is 2.53. The van der Waals surface area contributed by atoms with Crippen molar-refractivity contribution >= 4 is 29.5 Å². The SMILES string of the molecule is O=CCCCc1c(N2CCCCC2)cc(NC(=O)c2ccccc2Oc2ccccc2)c2c1C(C(=O)NCC(F)(F)F)c1ccccc1-2. The van der Waals surface area contributed by atoms with Crippen LogP contribution >= 0.6 is 0 Å². The van der Waals surface area contributed by atoms with Crippen LogP contribution in [0.5, 0.6) is 11.5 Å². The molecule has 1 heterocycles. The third-order valence-corrected chi connectivity index (χ3v) is 8.81. The highest BCUT2D eigenvalue weighted by atomic mass is 19.4. The molecular formula is C38H36F3N3O4. The number of ether oxygens (including phenoxy) is 1. The van der Waals surface area contributed by atoms with Crippen molar-refractivity contribution in [2.45, 2.75) is 50.6 Å². The van der Waals surface area contributed by atoms with Crippen LogP contribution in [0.1, 0.15) is 65.1 Å². The molecule has 0 spiro atoms. The highest BCUT2D eigenvalue weighted by molar-refractivity contribution is 6.11. The van der Waals surface area contributed by atoms with Crippen molar-refractivity contribution in [2.24, 2.45) is 0 Å². The first-order valence-electron chi connectivity index (χ1n) is 16.2. The van der Waals surface area contributed by atoms with Crippen LogP contribution in [0.25, 0.3) is 11.1 Å². The number of piperidine rings is 1.